The number of nitrogens with one attached hydrogen (secondary N) is 1. The largest absolute Gasteiger partial charge is 0.347 e. The first-order valence-corrected chi connectivity index (χ1v) is 11.8. The molecule has 1 saturated heterocycles. The Morgan fingerprint density at radius 2 is 2.00 bits per heavy atom. The normalized spacial score (nSPS) is 19.7. The summed E-state index contributed by atoms with van der Waals surface area (Å²) in [5, 5.41) is 7.89. The van der Waals surface area contributed by atoms with Gasteiger partial charge in [-0.15, -0.1) is 0 Å². The van der Waals surface area contributed by atoms with Gasteiger partial charge in [-0.2, -0.15) is 9.40 Å². The van der Waals surface area contributed by atoms with Gasteiger partial charge >= 0.3 is 0 Å². The van der Waals surface area contributed by atoms with Crippen LogP contribution in [0.25, 0.3) is 22.0 Å². The monoisotopic (exact) mass is 456 g/mol. The van der Waals surface area contributed by atoms with Gasteiger partial charge in [-0.1, -0.05) is 12.1 Å². The van der Waals surface area contributed by atoms with Crippen molar-refractivity contribution in [3.63, 3.8) is 0 Å². The van der Waals surface area contributed by atoms with Crippen LogP contribution in [0, 0.1) is 17.6 Å². The standard InChI is InChI=1S/C23H22F2N4O2S/c1-15-9-16(14-29(15)32(30,31)22-4-2-3-20(24)23(22)25)13-28-8-7-18-10-17(5-6-21(18)28)19-11-26-27-12-19/h2-8,10-12,15-16H,9,13-14H2,1H3,(H,26,27)/t15-,16-/m0/s1. The summed E-state index contributed by atoms with van der Waals surface area (Å²) in [5.74, 6) is -2.43. The molecule has 0 amide bonds. The topological polar surface area (TPSA) is 71.0 Å². The fourth-order valence-corrected chi connectivity index (χ4v) is 6.41. The van der Waals surface area contributed by atoms with Gasteiger partial charge in [-0.3, -0.25) is 5.10 Å². The number of aromatic nitrogens is 3. The van der Waals surface area contributed by atoms with Crippen LogP contribution in [0.4, 0.5) is 8.78 Å². The minimum absolute atomic E-state index is 0.0561. The Morgan fingerprint density at radius 1 is 1.16 bits per heavy atom. The van der Waals surface area contributed by atoms with Crippen molar-refractivity contribution in [2.75, 3.05) is 6.54 Å². The Hall–Kier alpha value is -3.04. The van der Waals surface area contributed by atoms with Crippen LogP contribution < -0.4 is 0 Å². The van der Waals surface area contributed by atoms with Crippen LogP contribution in [-0.4, -0.2) is 40.1 Å². The van der Waals surface area contributed by atoms with E-state index in [0.717, 1.165) is 34.2 Å². The number of sulfonamides is 1. The molecule has 2 aromatic heterocycles. The molecule has 0 spiro atoms. The molecular weight excluding hydrogens is 434 g/mol. The summed E-state index contributed by atoms with van der Waals surface area (Å²) in [7, 11) is -4.13. The second-order valence-electron chi connectivity index (χ2n) is 8.31. The van der Waals surface area contributed by atoms with E-state index in [0.29, 0.717) is 13.0 Å². The van der Waals surface area contributed by atoms with Gasteiger partial charge < -0.3 is 4.57 Å². The summed E-state index contributed by atoms with van der Waals surface area (Å²) in [6, 6.07) is 11.2. The summed E-state index contributed by atoms with van der Waals surface area (Å²) in [4.78, 5) is -0.608. The third-order valence-corrected chi connectivity index (χ3v) is 8.16. The summed E-state index contributed by atoms with van der Waals surface area (Å²) in [5.41, 5.74) is 3.13. The number of rotatable bonds is 5. The van der Waals surface area contributed by atoms with Crippen molar-refractivity contribution in [3.05, 3.63) is 72.7 Å². The highest BCUT2D eigenvalue weighted by molar-refractivity contribution is 7.89. The molecule has 0 aliphatic carbocycles. The van der Waals surface area contributed by atoms with Crippen molar-refractivity contribution in [3.8, 4) is 11.1 Å². The van der Waals surface area contributed by atoms with Gasteiger partial charge in [-0.25, -0.2) is 17.2 Å². The molecule has 6 nitrogen and oxygen atoms in total. The van der Waals surface area contributed by atoms with Gasteiger partial charge in [0.15, 0.2) is 11.6 Å². The lowest BCUT2D eigenvalue weighted by molar-refractivity contribution is 0.393. The van der Waals surface area contributed by atoms with E-state index in [4.69, 9.17) is 0 Å². The highest BCUT2D eigenvalue weighted by atomic mass is 32.2. The van der Waals surface area contributed by atoms with Crippen molar-refractivity contribution >= 4 is 20.9 Å². The minimum Gasteiger partial charge on any atom is -0.347 e. The predicted octanol–water partition coefficient (Wildman–Crippen LogP) is 4.41. The quantitative estimate of drug-likeness (QED) is 0.484. The second-order valence-corrected chi connectivity index (χ2v) is 10.2. The number of benzene rings is 2. The first kappa shape index (κ1) is 20.8. The molecule has 9 heteroatoms. The van der Waals surface area contributed by atoms with Gasteiger partial charge in [0.05, 0.1) is 6.20 Å². The van der Waals surface area contributed by atoms with E-state index in [2.05, 4.69) is 20.8 Å². The zero-order chi connectivity index (χ0) is 22.5. The van der Waals surface area contributed by atoms with Crippen LogP contribution >= 0.6 is 0 Å². The highest BCUT2D eigenvalue weighted by Crippen LogP contribution is 2.33. The summed E-state index contributed by atoms with van der Waals surface area (Å²) in [6.07, 6.45) is 6.25. The fraction of sp³-hybridized carbons (Fsp3) is 0.261. The first-order valence-electron chi connectivity index (χ1n) is 10.4. The molecule has 0 saturated carbocycles. The van der Waals surface area contributed by atoms with Crippen LogP contribution in [0.5, 0.6) is 0 Å². The molecule has 32 heavy (non-hydrogen) atoms. The number of fused-ring (bicyclic) bond motifs is 1. The summed E-state index contributed by atoms with van der Waals surface area (Å²) in [6.45, 7) is 2.70. The maximum Gasteiger partial charge on any atom is 0.246 e. The van der Waals surface area contributed by atoms with E-state index < -0.39 is 26.6 Å². The van der Waals surface area contributed by atoms with Gasteiger partial charge in [0.1, 0.15) is 4.90 Å². The Kier molecular flexibility index (Phi) is 5.10. The number of hydrogen-bond acceptors (Lipinski definition) is 3. The molecule has 0 unspecified atom stereocenters. The molecular formula is C23H22F2N4O2S. The van der Waals surface area contributed by atoms with Crippen molar-refractivity contribution in [1.82, 2.24) is 19.1 Å². The van der Waals surface area contributed by atoms with Crippen molar-refractivity contribution in [1.29, 1.82) is 0 Å². The third kappa shape index (κ3) is 3.51. The molecule has 0 radical (unpaired) electrons. The number of aromatic amines is 1. The Bertz CT molecular complexity index is 1380. The molecule has 2 atom stereocenters. The number of H-pyrrole nitrogens is 1. The molecule has 5 rings (SSSR count). The van der Waals surface area contributed by atoms with Crippen LogP contribution in [0.1, 0.15) is 13.3 Å². The lowest BCUT2D eigenvalue weighted by Crippen LogP contribution is -2.34. The molecule has 1 fully saturated rings. The van der Waals surface area contributed by atoms with E-state index in [-0.39, 0.29) is 18.5 Å². The summed E-state index contributed by atoms with van der Waals surface area (Å²) < 4.78 is 57.3. The zero-order valence-electron chi connectivity index (χ0n) is 17.4. The number of nitrogens with zero attached hydrogens (tertiary/aromatic N) is 3. The van der Waals surface area contributed by atoms with Crippen LogP contribution in [0.3, 0.4) is 0 Å². The maximum atomic E-state index is 14.2. The number of hydrogen-bond donors (Lipinski definition) is 1. The lowest BCUT2D eigenvalue weighted by Gasteiger charge is -2.21. The molecule has 1 aliphatic rings. The molecule has 166 valence electrons. The third-order valence-electron chi connectivity index (χ3n) is 6.16. The second kappa shape index (κ2) is 7.83. The Labute approximate surface area is 184 Å². The van der Waals surface area contributed by atoms with Gasteiger partial charge in [0, 0.05) is 48.0 Å². The predicted molar refractivity (Wildman–Crippen MR) is 117 cm³/mol. The molecule has 1 aliphatic heterocycles. The lowest BCUT2D eigenvalue weighted by atomic mass is 10.1. The average Bonchev–Trinajstić information content (AvgIpc) is 3.50. The van der Waals surface area contributed by atoms with E-state index in [1.165, 1.54) is 10.4 Å². The molecule has 4 aromatic rings. The van der Waals surface area contributed by atoms with Crippen LogP contribution in [0.2, 0.25) is 0 Å². The SMILES string of the molecule is C[C@H]1C[C@@H](Cn2ccc3cc(-c4cn[nH]c4)ccc32)CN1S(=O)(=O)c1cccc(F)c1F. The van der Waals surface area contributed by atoms with E-state index in [1.54, 1.807) is 13.1 Å². The van der Waals surface area contributed by atoms with Gasteiger partial charge in [0.2, 0.25) is 10.0 Å². The minimum atomic E-state index is -4.13. The van der Waals surface area contributed by atoms with Crippen molar-refractivity contribution < 1.29 is 17.2 Å². The van der Waals surface area contributed by atoms with E-state index >= 15 is 0 Å². The Balaban J connectivity index is 1.37. The van der Waals surface area contributed by atoms with Crippen molar-refractivity contribution in [2.45, 2.75) is 30.8 Å². The molecule has 1 N–H and O–H groups in total. The van der Waals surface area contributed by atoms with Gasteiger partial charge in [0.25, 0.3) is 0 Å². The molecule has 2 aromatic carbocycles. The first-order chi connectivity index (χ1) is 15.3. The van der Waals surface area contributed by atoms with E-state index in [9.17, 15) is 17.2 Å². The number of halogens is 2. The highest BCUT2D eigenvalue weighted by Gasteiger charge is 2.39. The van der Waals surface area contributed by atoms with E-state index in [1.807, 2.05) is 30.6 Å². The smallest absolute Gasteiger partial charge is 0.246 e. The average molecular weight is 457 g/mol. The van der Waals surface area contributed by atoms with Crippen LogP contribution in [0.15, 0.2) is 66.0 Å². The molecule has 0 bridgehead atoms. The van der Waals surface area contributed by atoms with Crippen LogP contribution in [-0.2, 0) is 16.6 Å². The van der Waals surface area contributed by atoms with Gasteiger partial charge in [-0.05, 0) is 55.2 Å². The zero-order valence-corrected chi connectivity index (χ0v) is 18.2. The molecule has 3 heterocycles. The summed E-state index contributed by atoms with van der Waals surface area (Å²) >= 11 is 0. The fourth-order valence-electron chi connectivity index (χ4n) is 4.61. The maximum absolute atomic E-state index is 14.2. The van der Waals surface area contributed by atoms with Crippen molar-refractivity contribution in [2.24, 2.45) is 5.92 Å². The Morgan fingerprint density at radius 3 is 2.78 bits per heavy atom.